The summed E-state index contributed by atoms with van der Waals surface area (Å²) in [4.78, 5) is 15.9. The number of hydrogen-bond donors (Lipinski definition) is 0. The van der Waals surface area contributed by atoms with Gasteiger partial charge in [-0.15, -0.1) is 0 Å². The van der Waals surface area contributed by atoms with Gasteiger partial charge in [0.2, 0.25) is 5.90 Å². The molecule has 0 aliphatic carbocycles. The lowest BCUT2D eigenvalue weighted by Crippen LogP contribution is -1.99. The zero-order valence-electron chi connectivity index (χ0n) is 13.0. The summed E-state index contributed by atoms with van der Waals surface area (Å²) in [6.45, 7) is 8.00. The number of benzene rings is 2. The fourth-order valence-electron chi connectivity index (χ4n) is 1.75. The van der Waals surface area contributed by atoms with E-state index in [9.17, 15) is 4.79 Å². The van der Waals surface area contributed by atoms with Crippen molar-refractivity contribution in [3.8, 4) is 0 Å². The Morgan fingerprint density at radius 2 is 1.29 bits per heavy atom. The van der Waals surface area contributed by atoms with Crippen LogP contribution in [0.2, 0.25) is 0 Å². The van der Waals surface area contributed by atoms with Crippen LogP contribution in [0.4, 0.5) is 5.69 Å². The fraction of sp³-hybridized carbons (Fsp3) is 0.222. The number of esters is 1. The lowest BCUT2D eigenvalue weighted by molar-refractivity contribution is 0.0737. The minimum absolute atomic E-state index is 0.338. The van der Waals surface area contributed by atoms with Crippen LogP contribution in [0.5, 0.6) is 0 Å². The molecule has 1 heterocycles. The van der Waals surface area contributed by atoms with Crippen LogP contribution in [0.3, 0.4) is 0 Å². The highest BCUT2D eigenvalue weighted by Crippen LogP contribution is 2.22. The van der Waals surface area contributed by atoms with Crippen molar-refractivity contribution in [2.75, 3.05) is 0 Å². The number of cyclic esters (lactones) is 1. The Bertz CT molecular complexity index is 604. The largest absolute Gasteiger partial charge is 0.403 e. The van der Waals surface area contributed by atoms with Crippen molar-refractivity contribution < 1.29 is 9.53 Å². The number of carbonyl (C=O) groups excluding carboxylic acids is 1. The van der Waals surface area contributed by atoms with Crippen molar-refractivity contribution in [1.29, 1.82) is 0 Å². The zero-order chi connectivity index (χ0) is 15.7. The van der Waals surface area contributed by atoms with Gasteiger partial charge in [0.05, 0.1) is 16.8 Å². The third-order valence-corrected chi connectivity index (χ3v) is 2.55. The molecule has 0 bridgehead atoms. The maximum Gasteiger partial charge on any atom is 0.345 e. The fourth-order valence-corrected chi connectivity index (χ4v) is 1.75. The second-order valence-corrected chi connectivity index (χ2v) is 3.69. The van der Waals surface area contributed by atoms with Crippen LogP contribution >= 0.6 is 0 Å². The van der Waals surface area contributed by atoms with Crippen molar-refractivity contribution in [3.63, 3.8) is 0 Å². The van der Waals surface area contributed by atoms with E-state index in [2.05, 4.69) is 4.99 Å². The van der Waals surface area contributed by atoms with E-state index in [-0.39, 0.29) is 5.97 Å². The maximum absolute atomic E-state index is 11.6. The molecular formula is C18H21NO2. The Labute approximate surface area is 126 Å². The quantitative estimate of drug-likeness (QED) is 0.692. The van der Waals surface area contributed by atoms with Crippen LogP contribution in [0, 0.1) is 0 Å². The molecule has 0 atom stereocenters. The third-order valence-electron chi connectivity index (χ3n) is 2.55. The van der Waals surface area contributed by atoms with E-state index in [0.717, 1.165) is 11.3 Å². The second-order valence-electron chi connectivity index (χ2n) is 3.69. The topological polar surface area (TPSA) is 38.7 Å². The van der Waals surface area contributed by atoms with E-state index < -0.39 is 0 Å². The van der Waals surface area contributed by atoms with Crippen molar-refractivity contribution in [2.45, 2.75) is 27.7 Å². The van der Waals surface area contributed by atoms with Gasteiger partial charge in [-0.1, -0.05) is 58.0 Å². The molecule has 3 nitrogen and oxygen atoms in total. The molecule has 1 aliphatic rings. The van der Waals surface area contributed by atoms with Gasteiger partial charge in [0.15, 0.2) is 0 Å². The first kappa shape index (κ1) is 16.6. The lowest BCUT2D eigenvalue weighted by Gasteiger charge is -1.97. The van der Waals surface area contributed by atoms with E-state index in [1.807, 2.05) is 76.2 Å². The monoisotopic (exact) mass is 283 g/mol. The van der Waals surface area contributed by atoms with E-state index in [0.29, 0.717) is 11.5 Å². The van der Waals surface area contributed by atoms with Crippen LogP contribution in [0.15, 0.2) is 59.6 Å². The average Bonchev–Trinajstić information content (AvgIpc) is 2.89. The number of para-hydroxylation sites is 1. The van der Waals surface area contributed by atoms with Crippen LogP contribution in [0.1, 0.15) is 43.6 Å². The highest BCUT2D eigenvalue weighted by Gasteiger charge is 2.26. The third kappa shape index (κ3) is 4.02. The van der Waals surface area contributed by atoms with Crippen molar-refractivity contribution in [1.82, 2.24) is 0 Å². The molecule has 0 N–H and O–H groups in total. The van der Waals surface area contributed by atoms with E-state index in [1.54, 1.807) is 6.07 Å². The summed E-state index contributed by atoms with van der Waals surface area (Å²) < 4.78 is 5.15. The first-order valence-electron chi connectivity index (χ1n) is 7.30. The molecule has 1 aliphatic heterocycles. The van der Waals surface area contributed by atoms with Crippen molar-refractivity contribution in [3.05, 3.63) is 65.7 Å². The average molecular weight is 283 g/mol. The first-order valence-corrected chi connectivity index (χ1v) is 7.30. The molecule has 3 heteroatoms. The van der Waals surface area contributed by atoms with Gasteiger partial charge in [-0.25, -0.2) is 9.79 Å². The van der Waals surface area contributed by atoms with Crippen LogP contribution in [0.25, 0.3) is 0 Å². The number of fused-ring (bicyclic) bond motifs is 1. The van der Waals surface area contributed by atoms with Crippen LogP contribution in [-0.2, 0) is 4.74 Å². The molecule has 0 amide bonds. The normalized spacial score (nSPS) is 13.3. The Morgan fingerprint density at radius 1 is 0.762 bits per heavy atom. The van der Waals surface area contributed by atoms with Gasteiger partial charge in [0, 0.05) is 0 Å². The predicted molar refractivity (Wildman–Crippen MR) is 87.2 cm³/mol. The summed E-state index contributed by atoms with van der Waals surface area (Å²) in [6, 6.07) is 16.7. The number of rotatable bonds is 1. The van der Waals surface area contributed by atoms with E-state index in [1.165, 1.54) is 0 Å². The van der Waals surface area contributed by atoms with Crippen molar-refractivity contribution in [2.24, 2.45) is 4.99 Å². The molecule has 0 aromatic heterocycles. The van der Waals surface area contributed by atoms with Gasteiger partial charge in [0.25, 0.3) is 0 Å². The first-order chi connectivity index (χ1) is 10.3. The Balaban J connectivity index is 0.000000510. The van der Waals surface area contributed by atoms with Gasteiger partial charge < -0.3 is 4.74 Å². The summed E-state index contributed by atoms with van der Waals surface area (Å²) in [5.74, 6) is 0.0343. The van der Waals surface area contributed by atoms with Gasteiger partial charge >= 0.3 is 5.97 Å². The van der Waals surface area contributed by atoms with E-state index in [4.69, 9.17) is 4.74 Å². The number of nitrogens with zero attached hydrogens (tertiary/aromatic N) is 1. The summed E-state index contributed by atoms with van der Waals surface area (Å²) in [6.07, 6.45) is 0. The Morgan fingerprint density at radius 3 is 1.90 bits per heavy atom. The number of carbonyl (C=O) groups is 1. The predicted octanol–water partition coefficient (Wildman–Crippen LogP) is 4.99. The number of ether oxygens (including phenoxy) is 1. The zero-order valence-corrected chi connectivity index (χ0v) is 13.0. The highest BCUT2D eigenvalue weighted by atomic mass is 16.5. The molecular weight excluding hydrogens is 262 g/mol. The molecule has 0 radical (unpaired) electrons. The standard InChI is InChI=1S/C14H9NO2.2C2H6/c16-14-12-9-5-4-8-11(12)13(17-14)15-10-6-2-1-3-7-10;2*1-2/h1-9H;2*1-2H3. The Kier molecular flexibility index (Phi) is 6.88. The minimum Gasteiger partial charge on any atom is -0.403 e. The molecule has 2 aromatic carbocycles. The second kappa shape index (κ2) is 8.69. The number of hydrogen-bond acceptors (Lipinski definition) is 3. The highest BCUT2D eigenvalue weighted by molar-refractivity contribution is 6.17. The summed E-state index contributed by atoms with van der Waals surface area (Å²) >= 11 is 0. The van der Waals surface area contributed by atoms with Gasteiger partial charge in [-0.3, -0.25) is 0 Å². The molecule has 0 saturated carbocycles. The smallest absolute Gasteiger partial charge is 0.345 e. The summed E-state index contributed by atoms with van der Waals surface area (Å²) in [5.41, 5.74) is 2.09. The van der Waals surface area contributed by atoms with Gasteiger partial charge in [-0.05, 0) is 24.3 Å². The summed E-state index contributed by atoms with van der Waals surface area (Å²) in [7, 11) is 0. The van der Waals surface area contributed by atoms with Crippen LogP contribution < -0.4 is 0 Å². The molecule has 3 rings (SSSR count). The molecule has 0 spiro atoms. The molecule has 21 heavy (non-hydrogen) atoms. The van der Waals surface area contributed by atoms with Crippen LogP contribution in [-0.4, -0.2) is 11.9 Å². The van der Waals surface area contributed by atoms with Crippen molar-refractivity contribution >= 4 is 17.6 Å². The Hall–Kier alpha value is -2.42. The molecule has 110 valence electrons. The SMILES string of the molecule is CC.CC.O=C1OC(=Nc2ccccc2)c2ccccc21. The van der Waals surface area contributed by atoms with E-state index >= 15 is 0 Å². The summed E-state index contributed by atoms with van der Waals surface area (Å²) in [5, 5.41) is 0. The molecule has 0 fully saturated rings. The minimum atomic E-state index is -0.338. The molecule has 0 saturated heterocycles. The molecule has 2 aromatic rings. The maximum atomic E-state index is 11.6. The number of aliphatic imine (C=N–C) groups is 1. The van der Waals surface area contributed by atoms with Gasteiger partial charge in [-0.2, -0.15) is 0 Å². The van der Waals surface area contributed by atoms with Gasteiger partial charge in [0.1, 0.15) is 0 Å². The molecule has 0 unspecified atom stereocenters. The lowest BCUT2D eigenvalue weighted by atomic mass is 10.1.